The van der Waals surface area contributed by atoms with Crippen LogP contribution in [0.15, 0.2) is 29.4 Å². The van der Waals surface area contributed by atoms with Gasteiger partial charge in [-0.15, -0.1) is 0 Å². The molecule has 2 rings (SSSR count). The number of hydrogen-bond donors (Lipinski definition) is 1. The monoisotopic (exact) mass is 203 g/mol. The third-order valence-electron chi connectivity index (χ3n) is 2.52. The SMILES string of the molecule is CC1CC=N[N+]([O-])=C1c1ccc(N)cc1. The van der Waals surface area contributed by atoms with Gasteiger partial charge in [0.25, 0.3) is 0 Å². The standard InChI is InChI=1S/C11H13N3O/c1-8-6-7-13-14(15)11(8)9-2-4-10(12)5-3-9/h2-5,7-8H,6,12H2,1H3. The maximum Gasteiger partial charge on any atom is 0.232 e. The number of hydrogen-bond acceptors (Lipinski definition) is 3. The van der Waals surface area contributed by atoms with Crippen LogP contribution >= 0.6 is 0 Å². The van der Waals surface area contributed by atoms with Crippen molar-refractivity contribution >= 4 is 17.6 Å². The number of nitrogens with zero attached hydrogens (tertiary/aromatic N) is 2. The zero-order valence-corrected chi connectivity index (χ0v) is 8.55. The largest absolute Gasteiger partial charge is 0.594 e. The van der Waals surface area contributed by atoms with E-state index in [0.717, 1.165) is 12.0 Å². The quantitative estimate of drug-likeness (QED) is 0.428. The van der Waals surface area contributed by atoms with Crippen LogP contribution in [-0.4, -0.2) is 16.8 Å². The molecule has 0 fully saturated rings. The molecule has 0 spiro atoms. The lowest BCUT2D eigenvalue weighted by Crippen LogP contribution is -2.25. The van der Waals surface area contributed by atoms with E-state index in [0.29, 0.717) is 16.2 Å². The highest BCUT2D eigenvalue weighted by atomic mass is 16.5. The summed E-state index contributed by atoms with van der Waals surface area (Å²) in [7, 11) is 0. The summed E-state index contributed by atoms with van der Waals surface area (Å²) in [5.41, 5.74) is 7.89. The Labute approximate surface area is 88.3 Å². The molecule has 4 nitrogen and oxygen atoms in total. The van der Waals surface area contributed by atoms with E-state index in [1.54, 1.807) is 18.3 Å². The number of nitrogens with two attached hydrogens (primary N) is 1. The van der Waals surface area contributed by atoms with Crippen molar-refractivity contribution in [3.05, 3.63) is 35.0 Å². The molecule has 1 aromatic carbocycles. The normalized spacial score (nSPS) is 20.7. The minimum atomic E-state index is 0.198. The van der Waals surface area contributed by atoms with Crippen molar-refractivity contribution in [1.82, 2.24) is 0 Å². The minimum absolute atomic E-state index is 0.198. The van der Waals surface area contributed by atoms with Gasteiger partial charge in [0.2, 0.25) is 5.71 Å². The maximum atomic E-state index is 11.5. The van der Waals surface area contributed by atoms with E-state index in [4.69, 9.17) is 5.73 Å². The summed E-state index contributed by atoms with van der Waals surface area (Å²) < 4.78 is 0. The fourth-order valence-corrected chi connectivity index (χ4v) is 1.69. The van der Waals surface area contributed by atoms with E-state index < -0.39 is 0 Å². The second kappa shape index (κ2) is 3.73. The third kappa shape index (κ3) is 1.83. The number of hydrazone groups is 1. The Morgan fingerprint density at radius 3 is 2.67 bits per heavy atom. The van der Waals surface area contributed by atoms with E-state index in [2.05, 4.69) is 5.10 Å². The van der Waals surface area contributed by atoms with Gasteiger partial charge < -0.3 is 10.9 Å². The van der Waals surface area contributed by atoms with Crippen LogP contribution in [0.4, 0.5) is 5.69 Å². The average molecular weight is 203 g/mol. The molecule has 0 saturated heterocycles. The van der Waals surface area contributed by atoms with Crippen molar-refractivity contribution in [3.8, 4) is 0 Å². The van der Waals surface area contributed by atoms with Gasteiger partial charge in [-0.3, -0.25) is 0 Å². The first-order valence-corrected chi connectivity index (χ1v) is 4.91. The zero-order valence-electron chi connectivity index (χ0n) is 8.55. The first-order valence-electron chi connectivity index (χ1n) is 4.91. The summed E-state index contributed by atoms with van der Waals surface area (Å²) >= 11 is 0. The Morgan fingerprint density at radius 2 is 2.07 bits per heavy atom. The summed E-state index contributed by atoms with van der Waals surface area (Å²) in [6.07, 6.45) is 2.46. The van der Waals surface area contributed by atoms with Crippen molar-refractivity contribution in [3.63, 3.8) is 0 Å². The molecule has 1 aliphatic heterocycles. The molecule has 0 bridgehead atoms. The van der Waals surface area contributed by atoms with Crippen LogP contribution in [0.5, 0.6) is 0 Å². The van der Waals surface area contributed by atoms with Crippen molar-refractivity contribution < 1.29 is 4.85 Å². The van der Waals surface area contributed by atoms with Gasteiger partial charge >= 0.3 is 0 Å². The molecule has 2 N–H and O–H groups in total. The van der Waals surface area contributed by atoms with E-state index in [1.807, 2.05) is 19.1 Å². The lowest BCUT2D eigenvalue weighted by Gasteiger charge is -2.14. The summed E-state index contributed by atoms with van der Waals surface area (Å²) in [5, 5.41) is 15.3. The third-order valence-corrected chi connectivity index (χ3v) is 2.52. The highest BCUT2D eigenvalue weighted by Gasteiger charge is 2.24. The predicted octanol–water partition coefficient (Wildman–Crippen LogP) is 1.59. The Bertz CT molecular complexity index is 420. The number of benzene rings is 1. The van der Waals surface area contributed by atoms with Crippen molar-refractivity contribution in [2.45, 2.75) is 13.3 Å². The Hall–Kier alpha value is -1.84. The van der Waals surface area contributed by atoms with Crippen LogP contribution in [0.3, 0.4) is 0 Å². The molecule has 1 heterocycles. The smallest absolute Gasteiger partial charge is 0.232 e. The van der Waals surface area contributed by atoms with Gasteiger partial charge in [0.1, 0.15) is 0 Å². The van der Waals surface area contributed by atoms with E-state index in [-0.39, 0.29) is 5.92 Å². The number of rotatable bonds is 1. The van der Waals surface area contributed by atoms with E-state index in [9.17, 15) is 5.21 Å². The summed E-state index contributed by atoms with van der Waals surface area (Å²) in [5.74, 6) is 0.198. The van der Waals surface area contributed by atoms with Gasteiger partial charge in [0.05, 0.1) is 12.1 Å². The first kappa shape index (κ1) is 9.71. The van der Waals surface area contributed by atoms with Crippen LogP contribution < -0.4 is 5.73 Å². The fourth-order valence-electron chi connectivity index (χ4n) is 1.69. The van der Waals surface area contributed by atoms with E-state index in [1.165, 1.54) is 0 Å². The molecule has 1 aromatic rings. The fraction of sp³-hybridized carbons (Fsp3) is 0.273. The second-order valence-corrected chi connectivity index (χ2v) is 3.71. The van der Waals surface area contributed by atoms with Gasteiger partial charge in [-0.2, -0.15) is 0 Å². The molecule has 15 heavy (non-hydrogen) atoms. The molecule has 0 aromatic heterocycles. The predicted molar refractivity (Wildman–Crippen MR) is 60.9 cm³/mol. The van der Waals surface area contributed by atoms with Gasteiger partial charge in [0, 0.05) is 22.8 Å². The lowest BCUT2D eigenvalue weighted by molar-refractivity contribution is -0.466. The Kier molecular flexibility index (Phi) is 2.41. The van der Waals surface area contributed by atoms with Gasteiger partial charge in [-0.25, -0.2) is 0 Å². The molecule has 0 aliphatic carbocycles. The highest BCUT2D eigenvalue weighted by Crippen LogP contribution is 2.16. The number of anilines is 1. The molecule has 0 amide bonds. The topological polar surface area (TPSA) is 64.5 Å². The molecular weight excluding hydrogens is 190 g/mol. The zero-order chi connectivity index (χ0) is 10.8. The summed E-state index contributed by atoms with van der Waals surface area (Å²) in [6.45, 7) is 2.02. The molecule has 4 heteroatoms. The van der Waals surface area contributed by atoms with Crippen molar-refractivity contribution in [1.29, 1.82) is 0 Å². The van der Waals surface area contributed by atoms with E-state index >= 15 is 0 Å². The van der Waals surface area contributed by atoms with Gasteiger partial charge in [-0.05, 0) is 24.3 Å². The molecule has 0 radical (unpaired) electrons. The minimum Gasteiger partial charge on any atom is -0.594 e. The summed E-state index contributed by atoms with van der Waals surface area (Å²) in [4.78, 5) is 0.694. The van der Waals surface area contributed by atoms with Crippen LogP contribution in [-0.2, 0) is 0 Å². The van der Waals surface area contributed by atoms with Crippen LogP contribution in [0.1, 0.15) is 18.9 Å². The maximum absolute atomic E-state index is 11.5. The molecule has 78 valence electrons. The molecule has 1 aliphatic rings. The highest BCUT2D eigenvalue weighted by molar-refractivity contribution is 6.00. The Morgan fingerprint density at radius 1 is 1.40 bits per heavy atom. The van der Waals surface area contributed by atoms with Crippen LogP contribution in [0.25, 0.3) is 0 Å². The van der Waals surface area contributed by atoms with Gasteiger partial charge in [-0.1, -0.05) is 11.8 Å². The van der Waals surface area contributed by atoms with Crippen molar-refractivity contribution in [2.75, 3.05) is 5.73 Å². The Balaban J connectivity index is 2.45. The number of nitrogen functional groups attached to an aromatic ring is 1. The summed E-state index contributed by atoms with van der Waals surface area (Å²) in [6, 6.07) is 7.29. The van der Waals surface area contributed by atoms with Crippen LogP contribution in [0.2, 0.25) is 0 Å². The molecular formula is C11H13N3O. The average Bonchev–Trinajstić information content (AvgIpc) is 2.20. The second-order valence-electron chi connectivity index (χ2n) is 3.71. The first-order chi connectivity index (χ1) is 7.18. The van der Waals surface area contributed by atoms with Crippen LogP contribution in [0, 0.1) is 11.1 Å². The van der Waals surface area contributed by atoms with Gasteiger partial charge in [0.15, 0.2) is 0 Å². The van der Waals surface area contributed by atoms with Crippen molar-refractivity contribution in [2.24, 2.45) is 11.0 Å². The molecule has 1 atom stereocenters. The molecule has 0 saturated carbocycles. The lowest BCUT2D eigenvalue weighted by atomic mass is 9.95. The molecule has 1 unspecified atom stereocenters.